The van der Waals surface area contributed by atoms with Gasteiger partial charge in [-0.25, -0.2) is 13.2 Å². The highest BCUT2D eigenvalue weighted by Crippen LogP contribution is 2.35. The highest BCUT2D eigenvalue weighted by atomic mass is 19.1. The van der Waals surface area contributed by atoms with Crippen LogP contribution in [0.3, 0.4) is 0 Å². The van der Waals surface area contributed by atoms with Crippen LogP contribution in [0.1, 0.15) is 28.8 Å². The van der Waals surface area contributed by atoms with Crippen molar-refractivity contribution in [1.29, 1.82) is 0 Å². The lowest BCUT2D eigenvalue weighted by atomic mass is 9.98. The van der Waals surface area contributed by atoms with Gasteiger partial charge < -0.3 is 10.1 Å². The summed E-state index contributed by atoms with van der Waals surface area (Å²) in [7, 11) is 1.58. The number of halogens is 3. The van der Waals surface area contributed by atoms with Gasteiger partial charge in [-0.15, -0.1) is 0 Å². The molecule has 1 N–H and O–H groups in total. The van der Waals surface area contributed by atoms with Crippen LogP contribution in [0.5, 0.6) is 0 Å². The number of amides is 1. The Morgan fingerprint density at radius 3 is 2.64 bits per heavy atom. The molecule has 0 aromatic heterocycles. The van der Waals surface area contributed by atoms with E-state index in [4.69, 9.17) is 4.74 Å². The largest absolute Gasteiger partial charge is 0.375 e. The van der Waals surface area contributed by atoms with Crippen molar-refractivity contribution in [2.75, 3.05) is 20.2 Å². The Morgan fingerprint density at radius 1 is 1.21 bits per heavy atom. The van der Waals surface area contributed by atoms with Crippen molar-refractivity contribution in [3.63, 3.8) is 0 Å². The number of hydrogen-bond acceptors (Lipinski definition) is 3. The van der Waals surface area contributed by atoms with Crippen LogP contribution in [0, 0.1) is 11.6 Å². The van der Waals surface area contributed by atoms with Crippen LogP contribution >= 0.6 is 0 Å². The SMILES string of the molecule is COC1c2ccccc2CC1NC(=O)C(c1ccc(F)cc1F)N1CC(F)C1. The molecule has 2 aliphatic rings. The van der Waals surface area contributed by atoms with E-state index in [0.717, 1.165) is 23.3 Å². The minimum absolute atomic E-state index is 0.0352. The summed E-state index contributed by atoms with van der Waals surface area (Å²) in [6.45, 7) is 0.0704. The first-order chi connectivity index (χ1) is 13.5. The maximum absolute atomic E-state index is 14.4. The Balaban J connectivity index is 1.58. The fraction of sp³-hybridized carbons (Fsp3) is 0.381. The number of methoxy groups -OCH3 is 1. The maximum Gasteiger partial charge on any atom is 0.242 e. The molecule has 2 aromatic rings. The summed E-state index contributed by atoms with van der Waals surface area (Å²) in [5.41, 5.74) is 2.12. The van der Waals surface area contributed by atoms with Gasteiger partial charge in [-0.1, -0.05) is 30.3 Å². The van der Waals surface area contributed by atoms with Crippen LogP contribution in [0.2, 0.25) is 0 Å². The summed E-state index contributed by atoms with van der Waals surface area (Å²) in [5.74, 6) is -1.99. The molecule has 1 amide bonds. The number of nitrogens with one attached hydrogen (secondary N) is 1. The van der Waals surface area contributed by atoms with Crippen molar-refractivity contribution in [1.82, 2.24) is 10.2 Å². The third-order valence-corrected chi connectivity index (χ3v) is 5.48. The smallest absolute Gasteiger partial charge is 0.242 e. The molecular formula is C21H21F3N2O2. The molecule has 1 heterocycles. The second kappa shape index (κ2) is 7.56. The monoisotopic (exact) mass is 390 g/mol. The summed E-state index contributed by atoms with van der Waals surface area (Å²) in [6.07, 6.45) is -0.782. The first kappa shape index (κ1) is 19.0. The third kappa shape index (κ3) is 3.40. The van der Waals surface area contributed by atoms with Gasteiger partial charge in [0.2, 0.25) is 5.91 Å². The second-order valence-corrected chi connectivity index (χ2v) is 7.29. The van der Waals surface area contributed by atoms with Crippen molar-refractivity contribution >= 4 is 5.91 Å². The Labute approximate surface area is 161 Å². The number of hydrogen-bond donors (Lipinski definition) is 1. The van der Waals surface area contributed by atoms with Crippen LogP contribution in [-0.2, 0) is 16.0 Å². The molecule has 7 heteroatoms. The lowest BCUT2D eigenvalue weighted by Gasteiger charge is -2.40. The van der Waals surface area contributed by atoms with Gasteiger partial charge in [0.05, 0.1) is 6.04 Å². The summed E-state index contributed by atoms with van der Waals surface area (Å²) in [4.78, 5) is 14.7. The number of carbonyl (C=O) groups excluding carboxylic acids is 1. The summed E-state index contributed by atoms with van der Waals surface area (Å²) >= 11 is 0. The predicted octanol–water partition coefficient (Wildman–Crippen LogP) is 3.09. The highest BCUT2D eigenvalue weighted by molar-refractivity contribution is 5.84. The van der Waals surface area contributed by atoms with E-state index in [2.05, 4.69) is 5.32 Å². The van der Waals surface area contributed by atoms with Crippen LogP contribution in [-0.4, -0.2) is 43.2 Å². The molecule has 4 rings (SSSR count). The van der Waals surface area contributed by atoms with Crippen molar-refractivity contribution in [3.8, 4) is 0 Å². The standard InChI is InChI=1S/C21H21F3N2O2/c1-28-20-15-5-3-2-4-12(15)8-18(20)25-21(27)19(26-10-14(23)11-26)16-7-6-13(22)9-17(16)24/h2-7,9,14,18-20H,8,10-11H2,1H3,(H,25,27). The normalized spacial score (nSPS) is 23.1. The fourth-order valence-electron chi connectivity index (χ4n) is 4.13. The first-order valence-electron chi connectivity index (χ1n) is 9.22. The molecule has 0 saturated carbocycles. The molecule has 0 bridgehead atoms. The summed E-state index contributed by atoms with van der Waals surface area (Å²) in [5, 5.41) is 2.94. The zero-order valence-corrected chi connectivity index (χ0v) is 15.4. The number of fused-ring (bicyclic) bond motifs is 1. The molecule has 1 aliphatic heterocycles. The average Bonchev–Trinajstić information content (AvgIpc) is 2.99. The number of rotatable bonds is 5. The molecule has 0 spiro atoms. The number of alkyl halides is 1. The topological polar surface area (TPSA) is 41.6 Å². The Bertz CT molecular complexity index is 886. The van der Waals surface area contributed by atoms with Crippen molar-refractivity contribution in [2.45, 2.75) is 30.8 Å². The molecule has 1 aliphatic carbocycles. The average molecular weight is 390 g/mol. The third-order valence-electron chi connectivity index (χ3n) is 5.48. The zero-order valence-electron chi connectivity index (χ0n) is 15.4. The van der Waals surface area contributed by atoms with E-state index in [0.29, 0.717) is 6.42 Å². The molecule has 3 atom stereocenters. The second-order valence-electron chi connectivity index (χ2n) is 7.29. The van der Waals surface area contributed by atoms with Crippen LogP contribution in [0.25, 0.3) is 0 Å². The molecular weight excluding hydrogens is 369 g/mol. The fourth-order valence-corrected chi connectivity index (χ4v) is 4.13. The van der Waals surface area contributed by atoms with Gasteiger partial charge in [-0.3, -0.25) is 9.69 Å². The van der Waals surface area contributed by atoms with E-state index in [1.54, 1.807) is 12.0 Å². The van der Waals surface area contributed by atoms with Gasteiger partial charge in [0.25, 0.3) is 0 Å². The van der Waals surface area contributed by atoms with E-state index in [1.807, 2.05) is 24.3 Å². The number of nitrogens with zero attached hydrogens (tertiary/aromatic N) is 1. The number of ether oxygens (including phenoxy) is 1. The zero-order chi connectivity index (χ0) is 19.8. The number of benzene rings is 2. The summed E-state index contributed by atoms with van der Waals surface area (Å²) < 4.78 is 46.7. The highest BCUT2D eigenvalue weighted by Gasteiger charge is 2.41. The molecule has 1 saturated heterocycles. The number of carbonyl (C=O) groups is 1. The Morgan fingerprint density at radius 2 is 1.96 bits per heavy atom. The molecule has 4 nitrogen and oxygen atoms in total. The van der Waals surface area contributed by atoms with E-state index in [9.17, 15) is 18.0 Å². The summed E-state index contributed by atoms with van der Waals surface area (Å²) in [6, 6.07) is 9.53. The predicted molar refractivity (Wildman–Crippen MR) is 97.4 cm³/mol. The molecule has 3 unspecified atom stereocenters. The first-order valence-corrected chi connectivity index (χ1v) is 9.22. The molecule has 2 aromatic carbocycles. The van der Waals surface area contributed by atoms with E-state index < -0.39 is 29.8 Å². The van der Waals surface area contributed by atoms with Gasteiger partial charge in [-0.2, -0.15) is 0 Å². The minimum Gasteiger partial charge on any atom is -0.375 e. The van der Waals surface area contributed by atoms with Gasteiger partial charge in [0.1, 0.15) is 30.0 Å². The van der Waals surface area contributed by atoms with Crippen LogP contribution < -0.4 is 5.32 Å². The van der Waals surface area contributed by atoms with Crippen molar-refractivity contribution in [2.24, 2.45) is 0 Å². The lowest BCUT2D eigenvalue weighted by Crippen LogP contribution is -2.55. The van der Waals surface area contributed by atoms with Crippen LogP contribution in [0.15, 0.2) is 42.5 Å². The van der Waals surface area contributed by atoms with Gasteiger partial charge >= 0.3 is 0 Å². The van der Waals surface area contributed by atoms with Gasteiger partial charge in [-0.05, 0) is 23.6 Å². The van der Waals surface area contributed by atoms with E-state index >= 15 is 0 Å². The minimum atomic E-state index is -1.05. The molecule has 0 radical (unpaired) electrons. The Kier molecular flexibility index (Phi) is 5.12. The quantitative estimate of drug-likeness (QED) is 0.853. The van der Waals surface area contributed by atoms with Crippen molar-refractivity contribution in [3.05, 3.63) is 70.8 Å². The number of likely N-dealkylation sites (tertiary alicyclic amines) is 1. The molecule has 1 fully saturated rings. The lowest BCUT2D eigenvalue weighted by molar-refractivity contribution is -0.131. The van der Waals surface area contributed by atoms with E-state index in [-0.39, 0.29) is 30.8 Å². The van der Waals surface area contributed by atoms with Crippen LogP contribution in [0.4, 0.5) is 13.2 Å². The van der Waals surface area contributed by atoms with E-state index in [1.165, 1.54) is 6.07 Å². The maximum atomic E-state index is 14.4. The van der Waals surface area contributed by atoms with Gasteiger partial charge in [0, 0.05) is 31.8 Å². The van der Waals surface area contributed by atoms with Crippen molar-refractivity contribution < 1.29 is 22.7 Å². The molecule has 28 heavy (non-hydrogen) atoms. The van der Waals surface area contributed by atoms with Gasteiger partial charge in [0.15, 0.2) is 0 Å². The molecule has 148 valence electrons. The Hall–Kier alpha value is -2.38.